The van der Waals surface area contributed by atoms with E-state index in [2.05, 4.69) is 10.6 Å². The summed E-state index contributed by atoms with van der Waals surface area (Å²) < 4.78 is 12.7. The molecule has 0 atom stereocenters. The first-order chi connectivity index (χ1) is 9.15. The van der Waals surface area contributed by atoms with Crippen molar-refractivity contribution in [1.82, 2.24) is 5.32 Å². The van der Waals surface area contributed by atoms with Crippen LogP contribution in [-0.4, -0.2) is 6.03 Å². The van der Waals surface area contributed by atoms with Crippen molar-refractivity contribution in [3.8, 4) is 0 Å². The molecule has 4 heteroatoms. The zero-order valence-electron chi connectivity index (χ0n) is 10.6. The highest BCUT2D eigenvalue weighted by molar-refractivity contribution is 5.89. The molecule has 3 nitrogen and oxygen atoms in total. The molecule has 0 radical (unpaired) electrons. The van der Waals surface area contributed by atoms with Gasteiger partial charge in [0.25, 0.3) is 0 Å². The van der Waals surface area contributed by atoms with E-state index >= 15 is 0 Å². The molecular weight excluding hydrogens is 243 g/mol. The highest BCUT2D eigenvalue weighted by atomic mass is 19.1. The average molecular weight is 258 g/mol. The smallest absolute Gasteiger partial charge is 0.319 e. The molecule has 0 aliphatic carbocycles. The van der Waals surface area contributed by atoms with Gasteiger partial charge in [0.1, 0.15) is 5.82 Å². The maximum Gasteiger partial charge on any atom is 0.319 e. The minimum Gasteiger partial charge on any atom is -0.334 e. The van der Waals surface area contributed by atoms with Gasteiger partial charge in [-0.05, 0) is 36.2 Å². The first-order valence-corrected chi connectivity index (χ1v) is 6.00. The third-order valence-corrected chi connectivity index (χ3v) is 2.76. The second-order valence-electron chi connectivity index (χ2n) is 4.25. The van der Waals surface area contributed by atoms with Crippen LogP contribution in [0, 0.1) is 12.7 Å². The highest BCUT2D eigenvalue weighted by Gasteiger charge is 2.03. The zero-order valence-corrected chi connectivity index (χ0v) is 10.6. The lowest BCUT2D eigenvalue weighted by Crippen LogP contribution is -2.28. The molecule has 0 unspecified atom stereocenters. The van der Waals surface area contributed by atoms with Crippen LogP contribution in [0.4, 0.5) is 14.9 Å². The third kappa shape index (κ3) is 3.81. The molecule has 2 aromatic rings. The molecule has 0 aliphatic rings. The number of hydrogen-bond acceptors (Lipinski definition) is 1. The second-order valence-corrected chi connectivity index (χ2v) is 4.25. The maximum atomic E-state index is 12.7. The summed E-state index contributed by atoms with van der Waals surface area (Å²) in [4.78, 5) is 11.7. The van der Waals surface area contributed by atoms with Gasteiger partial charge in [-0.15, -0.1) is 0 Å². The molecule has 2 aromatic carbocycles. The molecule has 0 bridgehead atoms. The van der Waals surface area contributed by atoms with E-state index < -0.39 is 0 Å². The lowest BCUT2D eigenvalue weighted by atomic mass is 10.2. The van der Waals surface area contributed by atoms with Crippen molar-refractivity contribution in [3.63, 3.8) is 0 Å². The fourth-order valence-corrected chi connectivity index (χ4v) is 1.66. The minimum absolute atomic E-state index is 0.279. The predicted octanol–water partition coefficient (Wildman–Crippen LogP) is 3.46. The number of nitrogens with one attached hydrogen (secondary N) is 2. The van der Waals surface area contributed by atoms with Crippen LogP contribution in [0.5, 0.6) is 0 Å². The lowest BCUT2D eigenvalue weighted by Gasteiger charge is -2.09. The van der Waals surface area contributed by atoms with Crippen molar-refractivity contribution in [2.45, 2.75) is 13.5 Å². The fourth-order valence-electron chi connectivity index (χ4n) is 1.66. The minimum atomic E-state index is -0.284. The first-order valence-electron chi connectivity index (χ1n) is 6.00. The molecule has 2 rings (SSSR count). The van der Waals surface area contributed by atoms with Crippen LogP contribution in [0.15, 0.2) is 48.5 Å². The Labute approximate surface area is 111 Å². The molecule has 0 saturated carbocycles. The van der Waals surface area contributed by atoms with Crippen molar-refractivity contribution in [2.75, 3.05) is 5.32 Å². The summed E-state index contributed by atoms with van der Waals surface area (Å²) in [5.74, 6) is -0.284. The molecule has 19 heavy (non-hydrogen) atoms. The Morgan fingerprint density at radius 3 is 2.47 bits per heavy atom. The monoisotopic (exact) mass is 258 g/mol. The van der Waals surface area contributed by atoms with Crippen LogP contribution in [0.25, 0.3) is 0 Å². The second kappa shape index (κ2) is 6.00. The Morgan fingerprint density at radius 1 is 1.11 bits per heavy atom. The van der Waals surface area contributed by atoms with Gasteiger partial charge in [-0.3, -0.25) is 0 Å². The van der Waals surface area contributed by atoms with Crippen molar-refractivity contribution in [3.05, 3.63) is 65.5 Å². The van der Waals surface area contributed by atoms with E-state index in [0.717, 1.165) is 16.8 Å². The Hall–Kier alpha value is -2.36. The molecule has 0 heterocycles. The Bertz CT molecular complexity index is 567. The average Bonchev–Trinajstić information content (AvgIpc) is 2.41. The van der Waals surface area contributed by atoms with Crippen LogP contribution >= 0.6 is 0 Å². The number of urea groups is 1. The van der Waals surface area contributed by atoms with E-state index in [-0.39, 0.29) is 11.8 Å². The van der Waals surface area contributed by atoms with E-state index in [1.165, 1.54) is 12.1 Å². The number of halogens is 1. The lowest BCUT2D eigenvalue weighted by molar-refractivity contribution is 0.251. The first kappa shape index (κ1) is 13.1. The number of para-hydroxylation sites is 1. The third-order valence-electron chi connectivity index (χ3n) is 2.76. The number of rotatable bonds is 3. The molecule has 98 valence electrons. The molecule has 0 spiro atoms. The van der Waals surface area contributed by atoms with Crippen LogP contribution < -0.4 is 10.6 Å². The van der Waals surface area contributed by atoms with E-state index in [0.29, 0.717) is 6.54 Å². The number of amides is 2. The van der Waals surface area contributed by atoms with Gasteiger partial charge in [0.15, 0.2) is 0 Å². The number of aryl methyl sites for hydroxylation is 1. The van der Waals surface area contributed by atoms with Gasteiger partial charge < -0.3 is 10.6 Å². The number of carbonyl (C=O) groups is 1. The van der Waals surface area contributed by atoms with E-state index in [9.17, 15) is 9.18 Å². The van der Waals surface area contributed by atoms with Gasteiger partial charge in [-0.2, -0.15) is 0 Å². The molecule has 0 aliphatic heterocycles. The SMILES string of the molecule is Cc1ccccc1NC(=O)NCc1ccc(F)cc1. The van der Waals surface area contributed by atoms with E-state index in [1.807, 2.05) is 31.2 Å². The Kier molecular flexibility index (Phi) is 4.13. The molecular formula is C15H15FN2O. The van der Waals surface area contributed by atoms with Gasteiger partial charge in [-0.1, -0.05) is 30.3 Å². The summed E-state index contributed by atoms with van der Waals surface area (Å²) in [5.41, 5.74) is 2.62. The van der Waals surface area contributed by atoms with Crippen molar-refractivity contribution < 1.29 is 9.18 Å². The molecule has 2 amide bonds. The summed E-state index contributed by atoms with van der Waals surface area (Å²) in [5, 5.41) is 5.49. The predicted molar refractivity (Wildman–Crippen MR) is 73.4 cm³/mol. The summed E-state index contributed by atoms with van der Waals surface area (Å²) in [7, 11) is 0. The Balaban J connectivity index is 1.88. The largest absolute Gasteiger partial charge is 0.334 e. The molecule has 0 aromatic heterocycles. The maximum absolute atomic E-state index is 12.7. The van der Waals surface area contributed by atoms with Crippen LogP contribution in [-0.2, 0) is 6.54 Å². The zero-order chi connectivity index (χ0) is 13.7. The number of benzene rings is 2. The molecule has 2 N–H and O–H groups in total. The summed E-state index contributed by atoms with van der Waals surface area (Å²) >= 11 is 0. The van der Waals surface area contributed by atoms with Crippen molar-refractivity contribution in [1.29, 1.82) is 0 Å². The Morgan fingerprint density at radius 2 is 1.79 bits per heavy atom. The van der Waals surface area contributed by atoms with E-state index in [4.69, 9.17) is 0 Å². The van der Waals surface area contributed by atoms with Gasteiger partial charge in [0, 0.05) is 12.2 Å². The van der Waals surface area contributed by atoms with Crippen molar-refractivity contribution in [2.24, 2.45) is 0 Å². The summed E-state index contributed by atoms with van der Waals surface area (Å²) in [6.45, 7) is 2.29. The highest BCUT2D eigenvalue weighted by Crippen LogP contribution is 2.12. The number of hydrogen-bond donors (Lipinski definition) is 2. The number of anilines is 1. The van der Waals surface area contributed by atoms with Gasteiger partial charge in [-0.25, -0.2) is 9.18 Å². The summed E-state index contributed by atoms with van der Waals surface area (Å²) in [6.07, 6.45) is 0. The molecule has 0 fully saturated rings. The van der Waals surface area contributed by atoms with Crippen LogP contribution in [0.2, 0.25) is 0 Å². The number of carbonyl (C=O) groups excluding carboxylic acids is 1. The van der Waals surface area contributed by atoms with Crippen LogP contribution in [0.1, 0.15) is 11.1 Å². The normalized spacial score (nSPS) is 10.0. The van der Waals surface area contributed by atoms with E-state index in [1.54, 1.807) is 12.1 Å². The van der Waals surface area contributed by atoms with Gasteiger partial charge in [0.2, 0.25) is 0 Å². The van der Waals surface area contributed by atoms with Crippen LogP contribution in [0.3, 0.4) is 0 Å². The summed E-state index contributed by atoms with van der Waals surface area (Å²) in [6, 6.07) is 13.3. The molecule has 0 saturated heterocycles. The fraction of sp³-hybridized carbons (Fsp3) is 0.133. The topological polar surface area (TPSA) is 41.1 Å². The quantitative estimate of drug-likeness (QED) is 0.869. The van der Waals surface area contributed by atoms with Gasteiger partial charge in [0.05, 0.1) is 0 Å². The van der Waals surface area contributed by atoms with Crippen molar-refractivity contribution >= 4 is 11.7 Å². The van der Waals surface area contributed by atoms with Gasteiger partial charge >= 0.3 is 6.03 Å². The standard InChI is InChI=1S/C15H15FN2O/c1-11-4-2-3-5-14(11)18-15(19)17-10-12-6-8-13(16)9-7-12/h2-9H,10H2,1H3,(H2,17,18,19).